The Labute approximate surface area is 130 Å². The van der Waals surface area contributed by atoms with Crippen molar-refractivity contribution in [2.45, 2.75) is 57.0 Å². The van der Waals surface area contributed by atoms with Gasteiger partial charge in [-0.15, -0.1) is 0 Å². The Morgan fingerprint density at radius 3 is 2.55 bits per heavy atom. The van der Waals surface area contributed by atoms with Crippen molar-refractivity contribution in [1.29, 1.82) is 0 Å². The lowest BCUT2D eigenvalue weighted by molar-refractivity contribution is -0.130. The summed E-state index contributed by atoms with van der Waals surface area (Å²) in [5.74, 6) is 0.0849. The van der Waals surface area contributed by atoms with E-state index in [1.807, 2.05) is 18.9 Å². The molecule has 1 aromatic rings. The van der Waals surface area contributed by atoms with Crippen molar-refractivity contribution in [1.82, 2.24) is 20.2 Å². The number of hydrogen-bond acceptors (Lipinski definition) is 4. The predicted molar refractivity (Wildman–Crippen MR) is 81.2 cm³/mol. The standard InChI is InChI=1S/C16H22N4O2/c1-11-9-18-13(10-17-11)15(22)19-12-3-6-16(7-4-12)8-5-14(21)20(16)2/h9-10,12H,3-8H2,1-2H3,(H,19,22). The largest absolute Gasteiger partial charge is 0.348 e. The maximum absolute atomic E-state index is 12.2. The van der Waals surface area contributed by atoms with Gasteiger partial charge in [-0.05, 0) is 39.0 Å². The van der Waals surface area contributed by atoms with Gasteiger partial charge in [0.15, 0.2) is 0 Å². The summed E-state index contributed by atoms with van der Waals surface area (Å²) in [6.07, 6.45) is 8.45. The predicted octanol–water partition coefficient (Wildman–Crippen LogP) is 1.45. The minimum Gasteiger partial charge on any atom is -0.348 e. The number of amides is 2. The van der Waals surface area contributed by atoms with Gasteiger partial charge in [-0.25, -0.2) is 4.98 Å². The minimum absolute atomic E-state index is 0.0297. The Balaban J connectivity index is 1.57. The van der Waals surface area contributed by atoms with Crippen LogP contribution in [0.4, 0.5) is 0 Å². The molecule has 1 saturated heterocycles. The number of aromatic nitrogens is 2. The van der Waals surface area contributed by atoms with Crippen molar-refractivity contribution in [3.8, 4) is 0 Å². The molecule has 1 N–H and O–H groups in total. The van der Waals surface area contributed by atoms with Crippen LogP contribution in [0.5, 0.6) is 0 Å². The summed E-state index contributed by atoms with van der Waals surface area (Å²) in [6, 6.07) is 0.158. The smallest absolute Gasteiger partial charge is 0.271 e. The zero-order valence-corrected chi connectivity index (χ0v) is 13.1. The molecule has 0 aromatic carbocycles. The summed E-state index contributed by atoms with van der Waals surface area (Å²) in [5, 5.41) is 3.04. The van der Waals surface area contributed by atoms with E-state index in [2.05, 4.69) is 15.3 Å². The van der Waals surface area contributed by atoms with Gasteiger partial charge < -0.3 is 10.2 Å². The normalized spacial score (nSPS) is 28.2. The van der Waals surface area contributed by atoms with E-state index in [1.54, 1.807) is 6.20 Å². The molecule has 6 nitrogen and oxygen atoms in total. The van der Waals surface area contributed by atoms with E-state index in [4.69, 9.17) is 0 Å². The first kappa shape index (κ1) is 14.9. The van der Waals surface area contributed by atoms with E-state index < -0.39 is 0 Å². The van der Waals surface area contributed by atoms with Crippen LogP contribution >= 0.6 is 0 Å². The summed E-state index contributed by atoms with van der Waals surface area (Å²) in [5.41, 5.74) is 1.19. The molecule has 0 atom stereocenters. The third-order valence-electron chi connectivity index (χ3n) is 5.15. The molecule has 1 aliphatic carbocycles. The molecule has 2 amide bonds. The third-order valence-corrected chi connectivity index (χ3v) is 5.15. The van der Waals surface area contributed by atoms with Crippen LogP contribution in [0.1, 0.15) is 54.7 Å². The van der Waals surface area contributed by atoms with E-state index >= 15 is 0 Å². The molecule has 1 aromatic heterocycles. The van der Waals surface area contributed by atoms with Crippen molar-refractivity contribution in [3.63, 3.8) is 0 Å². The molecular weight excluding hydrogens is 280 g/mol. The van der Waals surface area contributed by atoms with E-state index in [0.717, 1.165) is 37.8 Å². The first-order valence-corrected chi connectivity index (χ1v) is 7.86. The Hall–Kier alpha value is -1.98. The number of aryl methyl sites for hydroxylation is 1. The van der Waals surface area contributed by atoms with Crippen LogP contribution in [-0.2, 0) is 4.79 Å². The number of carbonyl (C=O) groups is 2. The average molecular weight is 302 g/mol. The highest BCUT2D eigenvalue weighted by molar-refractivity contribution is 5.92. The Kier molecular flexibility index (Phi) is 3.85. The molecule has 1 aliphatic heterocycles. The summed E-state index contributed by atoms with van der Waals surface area (Å²) in [7, 11) is 1.91. The maximum atomic E-state index is 12.2. The van der Waals surface area contributed by atoms with Crippen LogP contribution in [0.15, 0.2) is 12.4 Å². The molecule has 2 fully saturated rings. The molecule has 118 valence electrons. The quantitative estimate of drug-likeness (QED) is 0.897. The second-order valence-corrected chi connectivity index (χ2v) is 6.47. The lowest BCUT2D eigenvalue weighted by atomic mass is 9.78. The summed E-state index contributed by atoms with van der Waals surface area (Å²) < 4.78 is 0. The first-order valence-electron chi connectivity index (χ1n) is 7.86. The van der Waals surface area contributed by atoms with Gasteiger partial charge in [-0.3, -0.25) is 14.6 Å². The Morgan fingerprint density at radius 2 is 2.00 bits per heavy atom. The monoisotopic (exact) mass is 302 g/mol. The molecule has 3 rings (SSSR count). The summed E-state index contributed by atoms with van der Waals surface area (Å²) in [6.45, 7) is 1.84. The van der Waals surface area contributed by atoms with Gasteiger partial charge in [0.1, 0.15) is 5.69 Å². The van der Waals surface area contributed by atoms with Gasteiger partial charge in [0.25, 0.3) is 5.91 Å². The van der Waals surface area contributed by atoms with Crippen molar-refractivity contribution in [2.24, 2.45) is 0 Å². The van der Waals surface area contributed by atoms with Crippen molar-refractivity contribution < 1.29 is 9.59 Å². The van der Waals surface area contributed by atoms with Crippen LogP contribution in [-0.4, -0.2) is 45.3 Å². The fourth-order valence-electron chi connectivity index (χ4n) is 3.59. The second kappa shape index (κ2) is 5.66. The second-order valence-electron chi connectivity index (χ2n) is 6.47. The van der Waals surface area contributed by atoms with Crippen molar-refractivity contribution >= 4 is 11.8 Å². The van der Waals surface area contributed by atoms with Crippen LogP contribution in [0.2, 0.25) is 0 Å². The van der Waals surface area contributed by atoms with Gasteiger partial charge in [0.2, 0.25) is 5.91 Å². The number of carbonyl (C=O) groups excluding carboxylic acids is 2. The number of nitrogens with one attached hydrogen (secondary N) is 1. The number of nitrogens with zero attached hydrogens (tertiary/aromatic N) is 3. The molecule has 6 heteroatoms. The SMILES string of the molecule is Cc1cnc(C(=O)NC2CCC3(CCC(=O)N3C)CC2)cn1. The number of likely N-dealkylation sites (tertiary alicyclic amines) is 1. The third kappa shape index (κ3) is 2.69. The molecule has 2 heterocycles. The lowest BCUT2D eigenvalue weighted by Crippen LogP contribution is -2.49. The Morgan fingerprint density at radius 1 is 1.27 bits per heavy atom. The van der Waals surface area contributed by atoms with Crippen molar-refractivity contribution in [3.05, 3.63) is 23.8 Å². The van der Waals surface area contributed by atoms with E-state index in [9.17, 15) is 9.59 Å². The van der Waals surface area contributed by atoms with Gasteiger partial charge in [0.05, 0.1) is 11.9 Å². The maximum Gasteiger partial charge on any atom is 0.271 e. The highest BCUT2D eigenvalue weighted by atomic mass is 16.2. The Bertz CT molecular complexity index is 576. The zero-order valence-electron chi connectivity index (χ0n) is 13.1. The first-order chi connectivity index (χ1) is 10.5. The molecule has 0 radical (unpaired) electrons. The van der Waals surface area contributed by atoms with Gasteiger partial charge in [0, 0.05) is 31.2 Å². The highest BCUT2D eigenvalue weighted by Gasteiger charge is 2.45. The van der Waals surface area contributed by atoms with Gasteiger partial charge in [-0.2, -0.15) is 0 Å². The van der Waals surface area contributed by atoms with E-state index in [1.165, 1.54) is 6.20 Å². The van der Waals surface area contributed by atoms with Crippen LogP contribution in [0.3, 0.4) is 0 Å². The number of rotatable bonds is 2. The van der Waals surface area contributed by atoms with E-state index in [0.29, 0.717) is 12.1 Å². The fraction of sp³-hybridized carbons (Fsp3) is 0.625. The summed E-state index contributed by atoms with van der Waals surface area (Å²) >= 11 is 0. The van der Waals surface area contributed by atoms with Gasteiger partial charge >= 0.3 is 0 Å². The molecule has 0 unspecified atom stereocenters. The van der Waals surface area contributed by atoms with Crippen molar-refractivity contribution in [2.75, 3.05) is 7.05 Å². The zero-order chi connectivity index (χ0) is 15.7. The lowest BCUT2D eigenvalue weighted by Gasteiger charge is -2.42. The number of hydrogen-bond donors (Lipinski definition) is 1. The van der Waals surface area contributed by atoms with Crippen LogP contribution < -0.4 is 5.32 Å². The fourth-order valence-corrected chi connectivity index (χ4v) is 3.59. The summed E-state index contributed by atoms with van der Waals surface area (Å²) in [4.78, 5) is 34.1. The molecule has 1 spiro atoms. The van der Waals surface area contributed by atoms with E-state index in [-0.39, 0.29) is 23.4 Å². The topological polar surface area (TPSA) is 75.2 Å². The highest BCUT2D eigenvalue weighted by Crippen LogP contribution is 2.41. The molecular formula is C16H22N4O2. The van der Waals surface area contributed by atoms with Crippen LogP contribution in [0.25, 0.3) is 0 Å². The molecule has 0 bridgehead atoms. The average Bonchev–Trinajstić information content (AvgIpc) is 2.79. The molecule has 22 heavy (non-hydrogen) atoms. The molecule has 1 saturated carbocycles. The van der Waals surface area contributed by atoms with Gasteiger partial charge in [-0.1, -0.05) is 0 Å². The minimum atomic E-state index is -0.163. The molecule has 2 aliphatic rings. The van der Waals surface area contributed by atoms with Crippen LogP contribution in [0, 0.1) is 6.92 Å².